The second-order valence-electron chi connectivity index (χ2n) is 7.02. The van der Waals surface area contributed by atoms with E-state index in [0.717, 1.165) is 49.5 Å². The van der Waals surface area contributed by atoms with Crippen molar-refractivity contribution in [1.82, 2.24) is 9.55 Å². The fourth-order valence-corrected chi connectivity index (χ4v) is 3.54. The summed E-state index contributed by atoms with van der Waals surface area (Å²) in [5.74, 6) is -0.631. The first-order valence-corrected chi connectivity index (χ1v) is 9.45. The third-order valence-corrected chi connectivity index (χ3v) is 5.87. The molecule has 25 heavy (non-hydrogen) atoms. The molecule has 1 aliphatic rings. The Kier molecular flexibility index (Phi) is 5.82. The van der Waals surface area contributed by atoms with E-state index in [1.807, 2.05) is 35.3 Å². The van der Waals surface area contributed by atoms with E-state index in [0.29, 0.717) is 6.54 Å². The molecular formula is C20H27ClN2O2. The van der Waals surface area contributed by atoms with Gasteiger partial charge in [-0.3, -0.25) is 0 Å². The zero-order valence-electron chi connectivity index (χ0n) is 15.1. The van der Waals surface area contributed by atoms with Crippen molar-refractivity contribution in [3.05, 3.63) is 53.6 Å². The number of imidazole rings is 1. The van der Waals surface area contributed by atoms with E-state index < -0.39 is 5.79 Å². The van der Waals surface area contributed by atoms with Gasteiger partial charge in [0.1, 0.15) is 0 Å². The highest BCUT2D eigenvalue weighted by Gasteiger charge is 2.43. The first-order chi connectivity index (χ1) is 12.1. The van der Waals surface area contributed by atoms with Crippen LogP contribution in [0.4, 0.5) is 0 Å². The van der Waals surface area contributed by atoms with Crippen LogP contribution in [0.2, 0.25) is 5.02 Å². The Morgan fingerprint density at radius 2 is 1.88 bits per heavy atom. The van der Waals surface area contributed by atoms with Crippen LogP contribution in [0.1, 0.15) is 38.7 Å². The van der Waals surface area contributed by atoms with Crippen molar-refractivity contribution in [1.29, 1.82) is 0 Å². The van der Waals surface area contributed by atoms with Crippen LogP contribution in [0.3, 0.4) is 0 Å². The van der Waals surface area contributed by atoms with Gasteiger partial charge in [0.15, 0.2) is 5.79 Å². The standard InChI is InChI=1S/C20H27ClN2O2/c1-3-19(4-2)14-24-20(25-15-19,13-23-12-11-22-16-23)10-9-17-7-5-6-8-18(17)21/h5-8,11-12,16H,3-4,9-10,13-15H2,1-2H3. The SMILES string of the molecule is CCC1(CC)COC(CCc2ccccc2Cl)(Cn2ccnc2)OC1. The summed E-state index contributed by atoms with van der Waals surface area (Å²) in [6, 6.07) is 7.97. The van der Waals surface area contributed by atoms with E-state index in [2.05, 4.69) is 24.9 Å². The van der Waals surface area contributed by atoms with Crippen molar-refractivity contribution in [2.75, 3.05) is 13.2 Å². The van der Waals surface area contributed by atoms with Crippen molar-refractivity contribution >= 4 is 11.6 Å². The largest absolute Gasteiger partial charge is 0.347 e. The number of hydrogen-bond donors (Lipinski definition) is 0. The first kappa shape index (κ1) is 18.4. The van der Waals surface area contributed by atoms with E-state index in [1.54, 1.807) is 6.20 Å². The molecule has 5 heteroatoms. The minimum atomic E-state index is -0.631. The van der Waals surface area contributed by atoms with Crippen LogP contribution in [0.25, 0.3) is 0 Å². The van der Waals surface area contributed by atoms with Gasteiger partial charge >= 0.3 is 0 Å². The maximum atomic E-state index is 6.38. The second-order valence-corrected chi connectivity index (χ2v) is 7.43. The fraction of sp³-hybridized carbons (Fsp3) is 0.550. The molecule has 1 fully saturated rings. The van der Waals surface area contributed by atoms with E-state index in [4.69, 9.17) is 21.1 Å². The van der Waals surface area contributed by atoms with Gasteiger partial charge in [-0.05, 0) is 30.9 Å². The Morgan fingerprint density at radius 1 is 1.16 bits per heavy atom. The van der Waals surface area contributed by atoms with E-state index in [9.17, 15) is 0 Å². The van der Waals surface area contributed by atoms with Gasteiger partial charge in [-0.1, -0.05) is 43.6 Å². The Labute approximate surface area is 155 Å². The summed E-state index contributed by atoms with van der Waals surface area (Å²) in [4.78, 5) is 4.14. The van der Waals surface area contributed by atoms with E-state index in [-0.39, 0.29) is 5.41 Å². The number of aromatic nitrogens is 2. The molecule has 0 aliphatic carbocycles. The summed E-state index contributed by atoms with van der Waals surface area (Å²) < 4.78 is 14.8. The van der Waals surface area contributed by atoms with Gasteiger partial charge in [0, 0.05) is 29.3 Å². The number of nitrogens with zero attached hydrogens (tertiary/aromatic N) is 2. The fourth-order valence-electron chi connectivity index (χ4n) is 3.31. The van der Waals surface area contributed by atoms with E-state index in [1.165, 1.54) is 0 Å². The zero-order valence-corrected chi connectivity index (χ0v) is 15.8. The molecule has 2 aromatic rings. The average molecular weight is 363 g/mol. The summed E-state index contributed by atoms with van der Waals surface area (Å²) in [6.07, 6.45) is 9.26. The van der Waals surface area contributed by atoms with E-state index >= 15 is 0 Å². The third kappa shape index (κ3) is 4.25. The molecule has 3 rings (SSSR count). The summed E-state index contributed by atoms with van der Waals surface area (Å²) in [5.41, 5.74) is 1.26. The Balaban J connectivity index is 1.75. The summed E-state index contributed by atoms with van der Waals surface area (Å²) >= 11 is 6.32. The molecule has 0 N–H and O–H groups in total. The molecule has 1 aliphatic heterocycles. The first-order valence-electron chi connectivity index (χ1n) is 9.07. The van der Waals surface area contributed by atoms with Gasteiger partial charge < -0.3 is 14.0 Å². The predicted molar refractivity (Wildman–Crippen MR) is 99.7 cm³/mol. The Bertz CT molecular complexity index is 658. The van der Waals surface area contributed by atoms with Crippen LogP contribution in [-0.4, -0.2) is 28.6 Å². The van der Waals surface area contributed by atoms with Crippen molar-refractivity contribution < 1.29 is 9.47 Å². The number of ether oxygens (including phenoxy) is 2. The minimum absolute atomic E-state index is 0.128. The quantitative estimate of drug-likeness (QED) is 0.715. The van der Waals surface area contributed by atoms with Gasteiger partial charge in [0.25, 0.3) is 0 Å². The molecule has 4 nitrogen and oxygen atoms in total. The summed E-state index contributed by atoms with van der Waals surface area (Å²) in [6.45, 7) is 6.53. The maximum Gasteiger partial charge on any atom is 0.186 e. The second kappa shape index (κ2) is 7.90. The van der Waals surface area contributed by atoms with Gasteiger partial charge in [0.05, 0.1) is 26.1 Å². The summed E-state index contributed by atoms with van der Waals surface area (Å²) in [7, 11) is 0. The summed E-state index contributed by atoms with van der Waals surface area (Å²) in [5, 5.41) is 0.799. The molecule has 0 atom stereocenters. The Morgan fingerprint density at radius 3 is 2.48 bits per heavy atom. The number of benzene rings is 1. The lowest BCUT2D eigenvalue weighted by molar-refractivity contribution is -0.313. The van der Waals surface area contributed by atoms with Crippen molar-refractivity contribution in [2.45, 2.75) is 51.9 Å². The minimum Gasteiger partial charge on any atom is -0.347 e. The highest BCUT2D eigenvalue weighted by Crippen LogP contribution is 2.38. The monoisotopic (exact) mass is 362 g/mol. The number of hydrogen-bond acceptors (Lipinski definition) is 3. The average Bonchev–Trinajstić information content (AvgIpc) is 3.15. The zero-order chi connectivity index (χ0) is 17.8. The lowest BCUT2D eigenvalue weighted by atomic mass is 9.83. The lowest BCUT2D eigenvalue weighted by Crippen LogP contribution is -2.51. The molecule has 1 aromatic heterocycles. The van der Waals surface area contributed by atoms with Gasteiger partial charge in [-0.25, -0.2) is 4.98 Å². The predicted octanol–water partition coefficient (Wildman–Crippen LogP) is 4.72. The van der Waals surface area contributed by atoms with Gasteiger partial charge in [-0.2, -0.15) is 0 Å². The topological polar surface area (TPSA) is 36.3 Å². The Hall–Kier alpha value is -1.36. The van der Waals surface area contributed by atoms with Crippen LogP contribution in [0.5, 0.6) is 0 Å². The molecule has 1 aromatic carbocycles. The van der Waals surface area contributed by atoms with Gasteiger partial charge in [-0.15, -0.1) is 0 Å². The van der Waals surface area contributed by atoms with Crippen molar-refractivity contribution in [3.8, 4) is 0 Å². The molecule has 0 saturated carbocycles. The molecule has 0 spiro atoms. The third-order valence-electron chi connectivity index (χ3n) is 5.50. The van der Waals surface area contributed by atoms with Crippen LogP contribution in [0, 0.1) is 5.41 Å². The molecule has 136 valence electrons. The van der Waals surface area contributed by atoms with Gasteiger partial charge in [0.2, 0.25) is 0 Å². The smallest absolute Gasteiger partial charge is 0.186 e. The van der Waals surface area contributed by atoms with Crippen molar-refractivity contribution in [2.24, 2.45) is 5.41 Å². The highest BCUT2D eigenvalue weighted by molar-refractivity contribution is 6.31. The molecule has 0 bridgehead atoms. The molecule has 0 unspecified atom stereocenters. The van der Waals surface area contributed by atoms with Crippen LogP contribution in [0.15, 0.2) is 43.0 Å². The number of halogens is 1. The van der Waals surface area contributed by atoms with Crippen LogP contribution >= 0.6 is 11.6 Å². The highest BCUT2D eigenvalue weighted by atomic mass is 35.5. The molecule has 1 saturated heterocycles. The normalized spacial score (nSPS) is 19.0. The molecule has 0 amide bonds. The van der Waals surface area contributed by atoms with Crippen LogP contribution in [-0.2, 0) is 22.4 Å². The maximum absolute atomic E-state index is 6.38. The lowest BCUT2D eigenvalue weighted by Gasteiger charge is -2.46. The van der Waals surface area contributed by atoms with Crippen molar-refractivity contribution in [3.63, 3.8) is 0 Å². The molecule has 0 radical (unpaired) electrons. The molecule has 2 heterocycles. The number of rotatable bonds is 7. The molecular weight excluding hydrogens is 336 g/mol. The number of aryl methyl sites for hydroxylation is 1. The van der Waals surface area contributed by atoms with Crippen LogP contribution < -0.4 is 0 Å².